The van der Waals surface area contributed by atoms with Gasteiger partial charge >= 0.3 is 17.9 Å². The van der Waals surface area contributed by atoms with Crippen molar-refractivity contribution in [2.45, 2.75) is 33.3 Å². The second-order valence-electron chi connectivity index (χ2n) is 4.24. The van der Waals surface area contributed by atoms with Crippen LogP contribution in [0.5, 0.6) is 0 Å². The average Bonchev–Trinajstić information content (AvgIpc) is 2.38. The average molecular weight is 298 g/mol. The van der Waals surface area contributed by atoms with Gasteiger partial charge in [-0.25, -0.2) is 14.4 Å². The van der Waals surface area contributed by atoms with Crippen molar-refractivity contribution in [1.29, 1.82) is 0 Å². The zero-order chi connectivity index (χ0) is 17.0. The molecule has 0 aromatic rings. The maximum atomic E-state index is 11.1. The summed E-state index contributed by atoms with van der Waals surface area (Å²) in [5, 5.41) is 7.60. The Morgan fingerprint density at radius 1 is 1.14 bits per heavy atom. The zero-order valence-electron chi connectivity index (χ0n) is 12.7. The van der Waals surface area contributed by atoms with Crippen molar-refractivity contribution in [2.75, 3.05) is 6.61 Å². The topological polar surface area (TPSA) is 89.9 Å². The first kappa shape index (κ1) is 20.9. The Morgan fingerprint density at radius 3 is 1.90 bits per heavy atom. The molecule has 0 bridgehead atoms. The maximum absolute atomic E-state index is 11.1. The molecule has 0 aliphatic carbocycles. The number of carbonyl (C=O) groups is 3. The summed E-state index contributed by atoms with van der Waals surface area (Å²) in [6.07, 6.45) is 0.986. The van der Waals surface area contributed by atoms with Gasteiger partial charge in [-0.3, -0.25) is 0 Å². The molecule has 0 amide bonds. The minimum absolute atomic E-state index is 0.205. The molecule has 118 valence electrons. The predicted octanol–water partition coefficient (Wildman–Crippen LogP) is 2.26. The van der Waals surface area contributed by atoms with Crippen LogP contribution >= 0.6 is 0 Å². The molecule has 0 heterocycles. The molecule has 0 radical (unpaired) electrons. The fourth-order valence-corrected chi connectivity index (χ4v) is 0.783. The lowest BCUT2D eigenvalue weighted by Crippen LogP contribution is -2.18. The van der Waals surface area contributed by atoms with Crippen molar-refractivity contribution in [2.24, 2.45) is 0 Å². The molecule has 21 heavy (non-hydrogen) atoms. The number of carboxylic acids is 1. The van der Waals surface area contributed by atoms with Crippen LogP contribution in [0.25, 0.3) is 0 Å². The molecule has 0 aromatic heterocycles. The van der Waals surface area contributed by atoms with Crippen molar-refractivity contribution in [1.82, 2.24) is 0 Å². The van der Waals surface area contributed by atoms with Gasteiger partial charge in [-0.15, -0.1) is 0 Å². The Kier molecular flexibility index (Phi) is 11.4. The van der Waals surface area contributed by atoms with Crippen molar-refractivity contribution in [3.8, 4) is 0 Å². The first-order valence-corrected chi connectivity index (χ1v) is 6.16. The van der Waals surface area contributed by atoms with Crippen LogP contribution in [0.4, 0.5) is 0 Å². The van der Waals surface area contributed by atoms with Crippen molar-refractivity contribution in [3.63, 3.8) is 0 Å². The SMILES string of the molecule is C=C(C)C(=O)OCCC(C)OC(=O)C(=C)C.C=CC(=O)O. The quantitative estimate of drug-likeness (QED) is 0.572. The van der Waals surface area contributed by atoms with Gasteiger partial charge in [-0.2, -0.15) is 0 Å². The third-order valence-corrected chi connectivity index (χ3v) is 1.94. The van der Waals surface area contributed by atoms with Crippen LogP contribution in [-0.4, -0.2) is 35.7 Å². The number of carbonyl (C=O) groups excluding carboxylic acids is 2. The number of hydrogen-bond donors (Lipinski definition) is 1. The van der Waals surface area contributed by atoms with E-state index in [1.54, 1.807) is 20.8 Å². The molecule has 0 fully saturated rings. The monoisotopic (exact) mass is 298 g/mol. The number of carboxylic acid groups (broad SMARTS) is 1. The van der Waals surface area contributed by atoms with E-state index < -0.39 is 17.9 Å². The predicted molar refractivity (Wildman–Crippen MR) is 78.6 cm³/mol. The minimum Gasteiger partial charge on any atom is -0.478 e. The number of hydrogen-bond acceptors (Lipinski definition) is 5. The highest BCUT2D eigenvalue weighted by atomic mass is 16.6. The van der Waals surface area contributed by atoms with E-state index in [2.05, 4.69) is 19.7 Å². The van der Waals surface area contributed by atoms with E-state index in [1.165, 1.54) is 0 Å². The van der Waals surface area contributed by atoms with Crippen molar-refractivity contribution >= 4 is 17.9 Å². The van der Waals surface area contributed by atoms with Gasteiger partial charge < -0.3 is 14.6 Å². The molecule has 1 N–H and O–H groups in total. The fraction of sp³-hybridized carbons (Fsp3) is 0.400. The number of aliphatic carboxylic acids is 1. The number of esters is 2. The second kappa shape index (κ2) is 11.5. The van der Waals surface area contributed by atoms with Gasteiger partial charge in [0.05, 0.1) is 6.61 Å². The largest absolute Gasteiger partial charge is 0.478 e. The highest BCUT2D eigenvalue weighted by Crippen LogP contribution is 2.03. The number of rotatable bonds is 7. The van der Waals surface area contributed by atoms with E-state index in [0.717, 1.165) is 6.08 Å². The Hall–Kier alpha value is -2.37. The normalized spacial score (nSPS) is 10.2. The molecule has 0 spiro atoms. The van der Waals surface area contributed by atoms with E-state index in [4.69, 9.17) is 14.6 Å². The summed E-state index contributed by atoms with van der Waals surface area (Å²) in [6, 6.07) is 0. The number of ether oxygens (including phenoxy) is 2. The van der Waals surface area contributed by atoms with Crippen LogP contribution in [0.1, 0.15) is 27.2 Å². The van der Waals surface area contributed by atoms with Crippen molar-refractivity contribution in [3.05, 3.63) is 37.0 Å². The van der Waals surface area contributed by atoms with E-state index >= 15 is 0 Å². The Balaban J connectivity index is 0. The molecule has 6 nitrogen and oxygen atoms in total. The van der Waals surface area contributed by atoms with Crippen LogP contribution < -0.4 is 0 Å². The summed E-state index contributed by atoms with van der Waals surface area (Å²) in [7, 11) is 0. The van der Waals surface area contributed by atoms with Crippen LogP contribution in [-0.2, 0) is 23.9 Å². The van der Waals surface area contributed by atoms with Crippen LogP contribution in [0, 0.1) is 0 Å². The molecule has 0 saturated heterocycles. The highest BCUT2D eigenvalue weighted by Gasteiger charge is 2.11. The van der Waals surface area contributed by atoms with Crippen LogP contribution in [0.3, 0.4) is 0 Å². The summed E-state index contributed by atoms with van der Waals surface area (Å²) >= 11 is 0. The van der Waals surface area contributed by atoms with E-state index in [0.29, 0.717) is 17.6 Å². The van der Waals surface area contributed by atoms with Gasteiger partial charge in [-0.1, -0.05) is 19.7 Å². The van der Waals surface area contributed by atoms with E-state index in [9.17, 15) is 14.4 Å². The lowest BCUT2D eigenvalue weighted by atomic mass is 10.3. The first-order valence-electron chi connectivity index (χ1n) is 6.16. The third kappa shape index (κ3) is 13.9. The molecule has 0 aliphatic rings. The van der Waals surface area contributed by atoms with Gasteiger partial charge in [0.2, 0.25) is 0 Å². The Morgan fingerprint density at radius 2 is 1.57 bits per heavy atom. The summed E-state index contributed by atoms with van der Waals surface area (Å²) in [5.41, 5.74) is 0.706. The molecular formula is C15H22O6. The summed E-state index contributed by atoms with van der Waals surface area (Å²) in [4.78, 5) is 31.4. The van der Waals surface area contributed by atoms with E-state index in [-0.39, 0.29) is 12.7 Å². The molecule has 1 atom stereocenters. The standard InChI is InChI=1S/C12H18O4.C3H4O2/c1-8(2)11(13)15-7-6-10(5)16-12(14)9(3)4;1-2-3(4)5/h10H,1,3,6-7H2,2,4-5H3;2H,1H2,(H,4,5). The second-order valence-corrected chi connectivity index (χ2v) is 4.24. The van der Waals surface area contributed by atoms with Crippen molar-refractivity contribution < 1.29 is 29.0 Å². The molecule has 0 rings (SSSR count). The lowest BCUT2D eigenvalue weighted by Gasteiger charge is -2.13. The van der Waals surface area contributed by atoms with Gasteiger partial charge in [-0.05, 0) is 20.8 Å². The van der Waals surface area contributed by atoms with Gasteiger partial charge in [0, 0.05) is 23.6 Å². The van der Waals surface area contributed by atoms with Crippen LogP contribution in [0.15, 0.2) is 37.0 Å². The molecule has 0 aromatic carbocycles. The summed E-state index contributed by atoms with van der Waals surface area (Å²) in [5.74, 6) is -1.85. The summed E-state index contributed by atoms with van der Waals surface area (Å²) in [6.45, 7) is 15.0. The molecule has 1 unspecified atom stereocenters. The fourth-order valence-electron chi connectivity index (χ4n) is 0.783. The van der Waals surface area contributed by atoms with E-state index in [1.807, 2.05) is 0 Å². The maximum Gasteiger partial charge on any atom is 0.333 e. The zero-order valence-corrected chi connectivity index (χ0v) is 12.7. The lowest BCUT2D eigenvalue weighted by molar-refractivity contribution is -0.145. The first-order chi connectivity index (χ1) is 9.61. The Bertz CT molecular complexity index is 422. The molecule has 0 aliphatic heterocycles. The van der Waals surface area contributed by atoms with Gasteiger partial charge in [0.25, 0.3) is 0 Å². The minimum atomic E-state index is -0.981. The molecular weight excluding hydrogens is 276 g/mol. The smallest absolute Gasteiger partial charge is 0.333 e. The Labute approximate surface area is 124 Å². The van der Waals surface area contributed by atoms with Crippen LogP contribution in [0.2, 0.25) is 0 Å². The molecule has 6 heteroatoms. The van der Waals surface area contributed by atoms with Gasteiger partial charge in [0.15, 0.2) is 0 Å². The summed E-state index contributed by atoms with van der Waals surface area (Å²) < 4.78 is 9.87. The van der Waals surface area contributed by atoms with Gasteiger partial charge in [0.1, 0.15) is 6.10 Å². The highest BCUT2D eigenvalue weighted by molar-refractivity contribution is 5.87. The third-order valence-electron chi connectivity index (χ3n) is 1.94. The molecule has 0 saturated carbocycles.